The number of nitriles is 1. The van der Waals surface area contributed by atoms with Gasteiger partial charge >= 0.3 is 0 Å². The van der Waals surface area contributed by atoms with E-state index in [1.54, 1.807) is 18.0 Å². The molecule has 2 rings (SSSR count). The van der Waals surface area contributed by atoms with Gasteiger partial charge in [0.2, 0.25) is 0 Å². The fourth-order valence-corrected chi connectivity index (χ4v) is 1.89. The average molecular weight is 236 g/mol. The highest BCUT2D eigenvalue weighted by Gasteiger charge is 2.22. The Bertz CT molecular complexity index is 438. The molecule has 17 heavy (non-hydrogen) atoms. The van der Waals surface area contributed by atoms with Crippen LogP contribution in [-0.4, -0.2) is 13.6 Å². The van der Waals surface area contributed by atoms with Gasteiger partial charge < -0.3 is 4.90 Å². The standard InChI is InChI=1S/C13H14F2N2/c1-17(5-4-9-2-3-9)13-11(14)6-10(8-16)7-12(13)15/h6-7,9H,2-5H2,1H3. The van der Waals surface area contributed by atoms with Crippen LogP contribution in [0.3, 0.4) is 0 Å². The largest absolute Gasteiger partial charge is 0.370 e. The Hall–Kier alpha value is -1.63. The molecule has 2 nitrogen and oxygen atoms in total. The summed E-state index contributed by atoms with van der Waals surface area (Å²) in [7, 11) is 1.68. The van der Waals surface area contributed by atoms with Crippen molar-refractivity contribution in [1.82, 2.24) is 0 Å². The van der Waals surface area contributed by atoms with Gasteiger partial charge in [-0.05, 0) is 24.5 Å². The first-order chi connectivity index (χ1) is 8.11. The third-order valence-electron chi connectivity index (χ3n) is 3.10. The van der Waals surface area contributed by atoms with Gasteiger partial charge in [0.25, 0.3) is 0 Å². The Morgan fingerprint density at radius 3 is 2.41 bits per heavy atom. The molecule has 0 aliphatic heterocycles. The minimum Gasteiger partial charge on any atom is -0.370 e. The van der Waals surface area contributed by atoms with Gasteiger partial charge in [0, 0.05) is 13.6 Å². The molecule has 0 heterocycles. The van der Waals surface area contributed by atoms with Crippen molar-refractivity contribution in [3.05, 3.63) is 29.3 Å². The molecule has 0 bridgehead atoms. The molecule has 0 spiro atoms. The van der Waals surface area contributed by atoms with Crippen LogP contribution in [-0.2, 0) is 0 Å². The number of rotatable bonds is 4. The highest BCUT2D eigenvalue weighted by molar-refractivity contribution is 5.52. The van der Waals surface area contributed by atoms with Crippen molar-refractivity contribution >= 4 is 5.69 Å². The van der Waals surface area contributed by atoms with Crippen LogP contribution in [0.2, 0.25) is 0 Å². The molecule has 1 fully saturated rings. The summed E-state index contributed by atoms with van der Waals surface area (Å²) in [6.07, 6.45) is 3.42. The highest BCUT2D eigenvalue weighted by atomic mass is 19.1. The molecular weight excluding hydrogens is 222 g/mol. The summed E-state index contributed by atoms with van der Waals surface area (Å²) in [6.45, 7) is 0.643. The SMILES string of the molecule is CN(CCC1CC1)c1c(F)cc(C#N)cc1F. The van der Waals surface area contributed by atoms with Crippen LogP contribution in [0.25, 0.3) is 0 Å². The maximum absolute atomic E-state index is 13.7. The molecule has 1 aromatic carbocycles. The number of anilines is 1. The zero-order valence-corrected chi connectivity index (χ0v) is 9.71. The minimum atomic E-state index is -0.667. The zero-order valence-electron chi connectivity index (χ0n) is 9.71. The Kier molecular flexibility index (Phi) is 3.28. The van der Waals surface area contributed by atoms with E-state index in [4.69, 9.17) is 5.26 Å². The first-order valence-corrected chi connectivity index (χ1v) is 5.72. The van der Waals surface area contributed by atoms with Gasteiger partial charge in [-0.15, -0.1) is 0 Å². The molecular formula is C13H14F2N2. The Morgan fingerprint density at radius 1 is 1.35 bits per heavy atom. The summed E-state index contributed by atoms with van der Waals surface area (Å²) < 4.78 is 27.3. The molecule has 0 N–H and O–H groups in total. The summed E-state index contributed by atoms with van der Waals surface area (Å²) in [5.41, 5.74) is -0.0241. The lowest BCUT2D eigenvalue weighted by molar-refractivity contribution is 0.571. The summed E-state index contributed by atoms with van der Waals surface area (Å²) in [5, 5.41) is 8.60. The van der Waals surface area contributed by atoms with Gasteiger partial charge in [0.05, 0.1) is 11.6 Å². The molecule has 0 saturated heterocycles. The van der Waals surface area contributed by atoms with E-state index in [2.05, 4.69) is 0 Å². The van der Waals surface area contributed by atoms with Gasteiger partial charge in [0.15, 0.2) is 11.6 Å². The first kappa shape index (κ1) is 11.8. The predicted molar refractivity (Wildman–Crippen MR) is 61.7 cm³/mol. The van der Waals surface area contributed by atoms with Crippen LogP contribution < -0.4 is 4.90 Å². The smallest absolute Gasteiger partial charge is 0.150 e. The minimum absolute atomic E-state index is 0.0133. The third kappa shape index (κ3) is 2.73. The lowest BCUT2D eigenvalue weighted by atomic mass is 10.1. The van der Waals surface area contributed by atoms with Crippen molar-refractivity contribution in [2.24, 2.45) is 5.92 Å². The summed E-state index contributed by atoms with van der Waals surface area (Å²) in [4.78, 5) is 1.59. The second-order valence-corrected chi connectivity index (χ2v) is 4.55. The van der Waals surface area contributed by atoms with Gasteiger partial charge in [0.1, 0.15) is 5.69 Å². The van der Waals surface area contributed by atoms with Crippen LogP contribution in [0, 0.1) is 28.9 Å². The molecule has 0 radical (unpaired) electrons. The average Bonchev–Trinajstić information content (AvgIpc) is 3.09. The van der Waals surface area contributed by atoms with Crippen molar-refractivity contribution in [2.45, 2.75) is 19.3 Å². The fourth-order valence-electron chi connectivity index (χ4n) is 1.89. The van der Waals surface area contributed by atoms with Gasteiger partial charge in [-0.1, -0.05) is 12.8 Å². The number of nitrogens with zero attached hydrogens (tertiary/aromatic N) is 2. The number of benzene rings is 1. The second-order valence-electron chi connectivity index (χ2n) is 4.55. The fraction of sp³-hybridized carbons (Fsp3) is 0.462. The van der Waals surface area contributed by atoms with E-state index in [0.717, 1.165) is 24.5 Å². The van der Waals surface area contributed by atoms with E-state index in [9.17, 15) is 8.78 Å². The quantitative estimate of drug-likeness (QED) is 0.803. The van der Waals surface area contributed by atoms with Crippen LogP contribution in [0.15, 0.2) is 12.1 Å². The predicted octanol–water partition coefficient (Wildman–Crippen LogP) is 3.07. The van der Waals surface area contributed by atoms with Crippen LogP contribution in [0.5, 0.6) is 0 Å². The summed E-state index contributed by atoms with van der Waals surface area (Å²) in [6, 6.07) is 3.89. The maximum atomic E-state index is 13.7. The van der Waals surface area contributed by atoms with Gasteiger partial charge in [-0.3, -0.25) is 0 Å². The van der Waals surface area contributed by atoms with Crippen molar-refractivity contribution < 1.29 is 8.78 Å². The number of halogens is 2. The maximum Gasteiger partial charge on any atom is 0.150 e. The van der Waals surface area contributed by atoms with Crippen molar-refractivity contribution in [2.75, 3.05) is 18.5 Å². The van der Waals surface area contributed by atoms with Crippen molar-refractivity contribution in [1.29, 1.82) is 5.26 Å². The molecule has 1 aromatic rings. The molecule has 1 aliphatic rings. The van der Waals surface area contributed by atoms with Gasteiger partial charge in [-0.2, -0.15) is 5.26 Å². The Balaban J connectivity index is 2.15. The van der Waals surface area contributed by atoms with E-state index >= 15 is 0 Å². The topological polar surface area (TPSA) is 27.0 Å². The van der Waals surface area contributed by atoms with Crippen molar-refractivity contribution in [3.63, 3.8) is 0 Å². The monoisotopic (exact) mass is 236 g/mol. The van der Waals surface area contributed by atoms with Crippen LogP contribution in [0.4, 0.5) is 14.5 Å². The van der Waals surface area contributed by atoms with E-state index in [0.29, 0.717) is 6.54 Å². The Morgan fingerprint density at radius 2 is 1.94 bits per heavy atom. The van der Waals surface area contributed by atoms with E-state index < -0.39 is 11.6 Å². The molecule has 0 aromatic heterocycles. The molecule has 0 atom stereocenters. The lowest BCUT2D eigenvalue weighted by Crippen LogP contribution is -2.21. The van der Waals surface area contributed by atoms with Crippen LogP contribution in [0.1, 0.15) is 24.8 Å². The lowest BCUT2D eigenvalue weighted by Gasteiger charge is -2.20. The highest BCUT2D eigenvalue weighted by Crippen LogP contribution is 2.33. The molecule has 1 saturated carbocycles. The zero-order chi connectivity index (χ0) is 12.4. The van der Waals surface area contributed by atoms with E-state index in [-0.39, 0.29) is 11.3 Å². The van der Waals surface area contributed by atoms with Crippen molar-refractivity contribution in [3.8, 4) is 6.07 Å². The first-order valence-electron chi connectivity index (χ1n) is 5.72. The summed E-state index contributed by atoms with van der Waals surface area (Å²) >= 11 is 0. The van der Waals surface area contributed by atoms with Crippen LogP contribution >= 0.6 is 0 Å². The molecule has 90 valence electrons. The second kappa shape index (κ2) is 4.70. The third-order valence-corrected chi connectivity index (χ3v) is 3.10. The normalized spacial score (nSPS) is 14.5. The molecule has 4 heteroatoms. The molecule has 1 aliphatic carbocycles. The molecule has 0 amide bonds. The van der Waals surface area contributed by atoms with E-state index in [1.165, 1.54) is 12.8 Å². The number of hydrogen-bond donors (Lipinski definition) is 0. The Labute approximate surface area is 99.5 Å². The number of hydrogen-bond acceptors (Lipinski definition) is 2. The molecule has 0 unspecified atom stereocenters. The summed E-state index contributed by atoms with van der Waals surface area (Å²) in [5.74, 6) is -0.610. The van der Waals surface area contributed by atoms with E-state index in [1.807, 2.05) is 0 Å². The van der Waals surface area contributed by atoms with Gasteiger partial charge in [-0.25, -0.2) is 8.78 Å².